The van der Waals surface area contributed by atoms with Gasteiger partial charge in [-0.05, 0) is 30.7 Å². The Morgan fingerprint density at radius 3 is 2.65 bits per heavy atom. The van der Waals surface area contributed by atoms with E-state index in [1.165, 1.54) is 6.07 Å². The van der Waals surface area contributed by atoms with Crippen molar-refractivity contribution in [3.63, 3.8) is 0 Å². The lowest BCUT2D eigenvalue weighted by molar-refractivity contribution is -0.137. The maximum absolute atomic E-state index is 12.8. The van der Waals surface area contributed by atoms with Crippen molar-refractivity contribution in [3.8, 4) is 11.3 Å². The fourth-order valence-corrected chi connectivity index (χ4v) is 2.11. The van der Waals surface area contributed by atoms with Crippen LogP contribution in [0.1, 0.15) is 11.3 Å². The van der Waals surface area contributed by atoms with Crippen molar-refractivity contribution in [2.75, 3.05) is 0 Å². The summed E-state index contributed by atoms with van der Waals surface area (Å²) < 4.78 is 40.0. The highest BCUT2D eigenvalue weighted by molar-refractivity contribution is 5.64. The third-order valence-corrected chi connectivity index (χ3v) is 3.09. The topological polar surface area (TPSA) is 30.2 Å². The van der Waals surface area contributed by atoms with Crippen LogP contribution in [0.25, 0.3) is 16.9 Å². The van der Waals surface area contributed by atoms with Crippen LogP contribution in [-0.2, 0) is 6.18 Å². The third kappa shape index (κ3) is 2.03. The zero-order chi connectivity index (χ0) is 14.3. The summed E-state index contributed by atoms with van der Waals surface area (Å²) in [7, 11) is 0. The monoisotopic (exact) mass is 277 g/mol. The van der Waals surface area contributed by atoms with E-state index >= 15 is 0 Å². The van der Waals surface area contributed by atoms with Crippen molar-refractivity contribution in [2.45, 2.75) is 13.1 Å². The van der Waals surface area contributed by atoms with Gasteiger partial charge in [0.2, 0.25) is 0 Å². The standard InChI is InChI=1S/C14H10F3N3/c1-9-13-18-6-5-12(20(13)8-19-9)10-3-2-4-11(7-10)14(15,16)17/h2-8H,1H3. The molecule has 0 aliphatic carbocycles. The summed E-state index contributed by atoms with van der Waals surface area (Å²) in [5, 5.41) is 0. The van der Waals surface area contributed by atoms with Crippen molar-refractivity contribution in [3.05, 3.63) is 54.1 Å². The number of alkyl halides is 3. The van der Waals surface area contributed by atoms with Crippen LogP contribution in [0.2, 0.25) is 0 Å². The second kappa shape index (κ2) is 4.33. The van der Waals surface area contributed by atoms with Crippen LogP contribution in [0, 0.1) is 6.92 Å². The minimum Gasteiger partial charge on any atom is -0.283 e. The van der Waals surface area contributed by atoms with Crippen LogP contribution in [0.4, 0.5) is 13.2 Å². The number of hydrogen-bond acceptors (Lipinski definition) is 2. The van der Waals surface area contributed by atoms with E-state index in [4.69, 9.17) is 0 Å². The van der Waals surface area contributed by atoms with Crippen LogP contribution >= 0.6 is 0 Å². The summed E-state index contributed by atoms with van der Waals surface area (Å²) >= 11 is 0. The molecule has 0 saturated carbocycles. The van der Waals surface area contributed by atoms with Crippen molar-refractivity contribution >= 4 is 5.65 Å². The molecule has 0 spiro atoms. The first-order valence-electron chi connectivity index (χ1n) is 5.93. The molecule has 2 heterocycles. The maximum atomic E-state index is 12.8. The smallest absolute Gasteiger partial charge is 0.283 e. The van der Waals surface area contributed by atoms with Gasteiger partial charge in [-0.2, -0.15) is 13.2 Å². The number of aromatic nitrogens is 3. The molecule has 2 aromatic heterocycles. The predicted molar refractivity (Wildman–Crippen MR) is 68.2 cm³/mol. The van der Waals surface area contributed by atoms with Crippen LogP contribution in [-0.4, -0.2) is 14.4 Å². The molecule has 0 saturated heterocycles. The number of aryl methyl sites for hydroxylation is 1. The summed E-state index contributed by atoms with van der Waals surface area (Å²) in [6.45, 7) is 1.80. The van der Waals surface area contributed by atoms with E-state index in [1.807, 2.05) is 0 Å². The minimum atomic E-state index is -4.35. The minimum absolute atomic E-state index is 0.477. The Morgan fingerprint density at radius 1 is 1.10 bits per heavy atom. The average Bonchev–Trinajstić information content (AvgIpc) is 2.80. The second-order valence-electron chi connectivity index (χ2n) is 4.43. The second-order valence-corrected chi connectivity index (χ2v) is 4.43. The largest absolute Gasteiger partial charge is 0.416 e. The van der Waals surface area contributed by atoms with Crippen molar-refractivity contribution in [1.29, 1.82) is 0 Å². The maximum Gasteiger partial charge on any atom is 0.416 e. The van der Waals surface area contributed by atoms with E-state index in [2.05, 4.69) is 9.97 Å². The first-order chi connectivity index (χ1) is 9.47. The molecular weight excluding hydrogens is 267 g/mol. The predicted octanol–water partition coefficient (Wildman–Crippen LogP) is 3.72. The number of fused-ring (bicyclic) bond motifs is 1. The van der Waals surface area contributed by atoms with Gasteiger partial charge in [-0.1, -0.05) is 12.1 Å². The van der Waals surface area contributed by atoms with Crippen LogP contribution in [0.5, 0.6) is 0 Å². The first kappa shape index (κ1) is 12.7. The quantitative estimate of drug-likeness (QED) is 0.678. The fourth-order valence-electron chi connectivity index (χ4n) is 2.11. The van der Waals surface area contributed by atoms with Gasteiger partial charge in [-0.25, -0.2) is 9.97 Å². The Labute approximate surface area is 112 Å². The molecule has 0 aliphatic heterocycles. The lowest BCUT2D eigenvalue weighted by Gasteiger charge is -2.10. The summed E-state index contributed by atoms with van der Waals surface area (Å²) in [5.74, 6) is 0. The van der Waals surface area contributed by atoms with Gasteiger partial charge in [0, 0.05) is 6.20 Å². The zero-order valence-electron chi connectivity index (χ0n) is 10.5. The third-order valence-electron chi connectivity index (χ3n) is 3.09. The highest BCUT2D eigenvalue weighted by Gasteiger charge is 2.30. The molecule has 0 aliphatic rings. The lowest BCUT2D eigenvalue weighted by atomic mass is 10.1. The van der Waals surface area contributed by atoms with Gasteiger partial charge in [-0.3, -0.25) is 4.40 Å². The Morgan fingerprint density at radius 2 is 1.90 bits per heavy atom. The number of rotatable bonds is 1. The zero-order valence-corrected chi connectivity index (χ0v) is 10.5. The van der Waals surface area contributed by atoms with Gasteiger partial charge < -0.3 is 0 Å². The highest BCUT2D eigenvalue weighted by atomic mass is 19.4. The van der Waals surface area contributed by atoms with E-state index in [0.29, 0.717) is 16.9 Å². The molecule has 0 unspecified atom stereocenters. The summed E-state index contributed by atoms with van der Waals surface area (Å²) in [5.41, 5.74) is 1.81. The van der Waals surface area contributed by atoms with Crippen molar-refractivity contribution in [1.82, 2.24) is 14.4 Å². The Bertz CT molecular complexity index is 775. The number of halogens is 3. The number of nitrogens with zero attached hydrogens (tertiary/aromatic N) is 3. The summed E-state index contributed by atoms with van der Waals surface area (Å²) in [4.78, 5) is 8.31. The molecule has 0 bridgehead atoms. The van der Waals surface area contributed by atoms with Gasteiger partial charge >= 0.3 is 6.18 Å². The van der Waals surface area contributed by atoms with E-state index in [1.54, 1.807) is 36.0 Å². The van der Waals surface area contributed by atoms with E-state index in [-0.39, 0.29) is 0 Å². The normalized spacial score (nSPS) is 12.0. The van der Waals surface area contributed by atoms with Gasteiger partial charge in [0.25, 0.3) is 0 Å². The molecule has 0 atom stereocenters. The Kier molecular flexibility index (Phi) is 2.74. The van der Waals surface area contributed by atoms with Crippen LogP contribution in [0.3, 0.4) is 0 Å². The summed E-state index contributed by atoms with van der Waals surface area (Å²) in [6, 6.07) is 6.89. The highest BCUT2D eigenvalue weighted by Crippen LogP contribution is 2.32. The van der Waals surface area contributed by atoms with Gasteiger partial charge in [0.1, 0.15) is 6.33 Å². The molecule has 102 valence electrons. The Balaban J connectivity index is 2.21. The first-order valence-corrected chi connectivity index (χ1v) is 5.93. The van der Waals surface area contributed by atoms with Gasteiger partial charge in [-0.15, -0.1) is 0 Å². The molecule has 0 fully saturated rings. The average molecular weight is 277 g/mol. The molecule has 0 N–H and O–H groups in total. The van der Waals surface area contributed by atoms with E-state index in [0.717, 1.165) is 17.8 Å². The van der Waals surface area contributed by atoms with E-state index < -0.39 is 11.7 Å². The molecule has 0 amide bonds. The molecule has 3 rings (SSSR count). The van der Waals surface area contributed by atoms with Gasteiger partial charge in [0.15, 0.2) is 5.65 Å². The molecule has 3 aromatic rings. The van der Waals surface area contributed by atoms with E-state index in [9.17, 15) is 13.2 Å². The summed E-state index contributed by atoms with van der Waals surface area (Å²) in [6.07, 6.45) is -1.22. The fraction of sp³-hybridized carbons (Fsp3) is 0.143. The van der Waals surface area contributed by atoms with Gasteiger partial charge in [0.05, 0.1) is 17.0 Å². The number of benzene rings is 1. The number of imidazole rings is 1. The lowest BCUT2D eigenvalue weighted by Crippen LogP contribution is -2.05. The molecule has 1 aromatic carbocycles. The molecular formula is C14H10F3N3. The SMILES string of the molecule is Cc1ncn2c(-c3cccc(C(F)(F)F)c3)ccnc12. The van der Waals surface area contributed by atoms with Crippen molar-refractivity contribution in [2.24, 2.45) is 0 Å². The number of hydrogen-bond donors (Lipinski definition) is 0. The molecule has 0 radical (unpaired) electrons. The molecule has 6 heteroatoms. The van der Waals surface area contributed by atoms with Crippen LogP contribution < -0.4 is 0 Å². The Hall–Kier alpha value is -2.37. The van der Waals surface area contributed by atoms with Crippen molar-refractivity contribution < 1.29 is 13.2 Å². The molecule has 3 nitrogen and oxygen atoms in total. The molecule has 20 heavy (non-hydrogen) atoms. The van der Waals surface area contributed by atoms with Crippen LogP contribution in [0.15, 0.2) is 42.9 Å².